The zero-order valence-corrected chi connectivity index (χ0v) is 17.6. The quantitative estimate of drug-likeness (QED) is 0.591. The van der Waals surface area contributed by atoms with Gasteiger partial charge in [0.25, 0.3) is 5.91 Å². The van der Waals surface area contributed by atoms with E-state index in [9.17, 15) is 9.59 Å². The van der Waals surface area contributed by atoms with Crippen molar-refractivity contribution >= 4 is 11.8 Å². The molecule has 1 saturated carbocycles. The van der Waals surface area contributed by atoms with E-state index in [-0.39, 0.29) is 11.8 Å². The van der Waals surface area contributed by atoms with E-state index in [0.717, 1.165) is 17.7 Å². The normalized spacial score (nSPS) is 15.9. The molecule has 0 radical (unpaired) electrons. The molecule has 1 atom stereocenters. The summed E-state index contributed by atoms with van der Waals surface area (Å²) in [5.41, 5.74) is 1.09. The maximum Gasteiger partial charge on any atom is 0.260 e. The van der Waals surface area contributed by atoms with E-state index in [1.54, 1.807) is 6.92 Å². The maximum absolute atomic E-state index is 12.3. The molecule has 0 saturated heterocycles. The van der Waals surface area contributed by atoms with Gasteiger partial charge < -0.3 is 15.4 Å². The number of nitrogens with one attached hydrogen (secondary N) is 2. The maximum atomic E-state index is 12.3. The lowest BCUT2D eigenvalue weighted by Crippen LogP contribution is -2.40. The number of hydrogen-bond acceptors (Lipinski definition) is 3. The summed E-state index contributed by atoms with van der Waals surface area (Å²) >= 11 is 0. The van der Waals surface area contributed by atoms with Crippen LogP contribution in [0.4, 0.5) is 0 Å². The van der Waals surface area contributed by atoms with Crippen LogP contribution in [0.1, 0.15) is 77.2 Å². The standard InChI is InChI=1S/C23H36N2O3/c1-17(2)20-11-7-8-12-21(20)28-18(3)23(27)25-16-15-24-22(26)14-13-19-9-5-4-6-10-19/h7-8,11-12,17-19H,4-6,9-10,13-16H2,1-3H3,(H,24,26)(H,25,27). The molecule has 1 aromatic rings. The van der Waals surface area contributed by atoms with Crippen LogP contribution in [0.25, 0.3) is 0 Å². The molecule has 0 bridgehead atoms. The molecule has 2 rings (SSSR count). The number of para-hydroxylation sites is 1. The zero-order chi connectivity index (χ0) is 20.4. The fourth-order valence-corrected chi connectivity index (χ4v) is 3.74. The number of benzene rings is 1. The molecule has 0 spiro atoms. The Bertz CT molecular complexity index is 624. The van der Waals surface area contributed by atoms with Gasteiger partial charge in [-0.25, -0.2) is 0 Å². The summed E-state index contributed by atoms with van der Waals surface area (Å²) in [4.78, 5) is 24.2. The smallest absolute Gasteiger partial charge is 0.260 e. The van der Waals surface area contributed by atoms with Crippen LogP contribution in [0.3, 0.4) is 0 Å². The summed E-state index contributed by atoms with van der Waals surface area (Å²) in [6.07, 6.45) is 7.47. The molecule has 5 nitrogen and oxygen atoms in total. The van der Waals surface area contributed by atoms with E-state index in [1.807, 2.05) is 24.3 Å². The third kappa shape index (κ3) is 7.53. The van der Waals surface area contributed by atoms with Crippen LogP contribution in [0.15, 0.2) is 24.3 Å². The molecule has 0 aliphatic heterocycles. The molecular formula is C23H36N2O3. The van der Waals surface area contributed by atoms with Gasteiger partial charge >= 0.3 is 0 Å². The van der Waals surface area contributed by atoms with Crippen molar-refractivity contribution in [3.8, 4) is 5.75 Å². The Kier molecular flexibility index (Phi) is 9.32. The second-order valence-corrected chi connectivity index (χ2v) is 8.14. The lowest BCUT2D eigenvalue weighted by atomic mass is 9.86. The first-order valence-electron chi connectivity index (χ1n) is 10.8. The Balaban J connectivity index is 1.63. The lowest BCUT2D eigenvalue weighted by Gasteiger charge is -2.21. The van der Waals surface area contributed by atoms with Crippen molar-refractivity contribution in [2.75, 3.05) is 13.1 Å². The van der Waals surface area contributed by atoms with Crippen LogP contribution in [0.5, 0.6) is 5.75 Å². The van der Waals surface area contributed by atoms with E-state index < -0.39 is 6.10 Å². The van der Waals surface area contributed by atoms with Gasteiger partial charge in [-0.05, 0) is 36.8 Å². The van der Waals surface area contributed by atoms with Crippen LogP contribution in [-0.4, -0.2) is 31.0 Å². The van der Waals surface area contributed by atoms with E-state index in [4.69, 9.17) is 4.74 Å². The average Bonchev–Trinajstić information content (AvgIpc) is 2.70. The Morgan fingerprint density at radius 2 is 1.71 bits per heavy atom. The Labute approximate surface area is 169 Å². The highest BCUT2D eigenvalue weighted by Crippen LogP contribution is 2.27. The third-order valence-corrected chi connectivity index (χ3v) is 5.46. The predicted octanol–water partition coefficient (Wildman–Crippen LogP) is 4.17. The lowest BCUT2D eigenvalue weighted by molar-refractivity contribution is -0.127. The summed E-state index contributed by atoms with van der Waals surface area (Å²) in [6, 6.07) is 7.80. The topological polar surface area (TPSA) is 67.4 Å². The molecule has 1 aromatic carbocycles. The van der Waals surface area contributed by atoms with Crippen molar-refractivity contribution in [3.05, 3.63) is 29.8 Å². The summed E-state index contributed by atoms with van der Waals surface area (Å²) < 4.78 is 5.85. The molecule has 1 unspecified atom stereocenters. The third-order valence-electron chi connectivity index (χ3n) is 5.46. The monoisotopic (exact) mass is 388 g/mol. The molecule has 5 heteroatoms. The molecule has 0 aromatic heterocycles. The zero-order valence-electron chi connectivity index (χ0n) is 17.6. The van der Waals surface area contributed by atoms with E-state index in [2.05, 4.69) is 24.5 Å². The first-order chi connectivity index (χ1) is 13.5. The van der Waals surface area contributed by atoms with Crippen LogP contribution in [-0.2, 0) is 9.59 Å². The molecular weight excluding hydrogens is 352 g/mol. The molecule has 156 valence electrons. The van der Waals surface area contributed by atoms with Crippen LogP contribution < -0.4 is 15.4 Å². The van der Waals surface area contributed by atoms with Crippen molar-refractivity contribution in [2.24, 2.45) is 5.92 Å². The first kappa shape index (κ1) is 22.3. The molecule has 2 amide bonds. The first-order valence-corrected chi connectivity index (χ1v) is 10.8. The van der Waals surface area contributed by atoms with Crippen LogP contribution >= 0.6 is 0 Å². The number of hydrogen-bond donors (Lipinski definition) is 2. The number of carbonyl (C=O) groups excluding carboxylic acids is 2. The molecule has 1 aliphatic rings. The molecule has 28 heavy (non-hydrogen) atoms. The summed E-state index contributed by atoms with van der Waals surface area (Å²) in [7, 11) is 0. The summed E-state index contributed by atoms with van der Waals surface area (Å²) in [5.74, 6) is 1.70. The van der Waals surface area contributed by atoms with Gasteiger partial charge in [0.05, 0.1) is 0 Å². The molecule has 2 N–H and O–H groups in total. The van der Waals surface area contributed by atoms with Gasteiger partial charge in [0.15, 0.2) is 6.10 Å². The van der Waals surface area contributed by atoms with E-state index >= 15 is 0 Å². The SMILES string of the molecule is CC(Oc1ccccc1C(C)C)C(=O)NCCNC(=O)CCC1CCCCC1. The Morgan fingerprint density at radius 1 is 1.04 bits per heavy atom. The van der Waals surface area contributed by atoms with Crippen LogP contribution in [0, 0.1) is 5.92 Å². The molecule has 1 aliphatic carbocycles. The van der Waals surface area contributed by atoms with E-state index in [1.165, 1.54) is 32.1 Å². The van der Waals surface area contributed by atoms with Crippen molar-refractivity contribution < 1.29 is 14.3 Å². The minimum Gasteiger partial charge on any atom is -0.481 e. The fraction of sp³-hybridized carbons (Fsp3) is 0.652. The van der Waals surface area contributed by atoms with Gasteiger partial charge in [-0.3, -0.25) is 9.59 Å². The highest BCUT2D eigenvalue weighted by molar-refractivity contribution is 5.81. The van der Waals surface area contributed by atoms with Crippen molar-refractivity contribution in [2.45, 2.75) is 77.7 Å². The minimum absolute atomic E-state index is 0.0787. The van der Waals surface area contributed by atoms with Gasteiger partial charge in [-0.15, -0.1) is 0 Å². The number of ether oxygens (including phenoxy) is 1. The Morgan fingerprint density at radius 3 is 2.43 bits per heavy atom. The van der Waals surface area contributed by atoms with Crippen LogP contribution in [0.2, 0.25) is 0 Å². The minimum atomic E-state index is -0.582. The van der Waals surface area contributed by atoms with Gasteiger partial charge in [-0.2, -0.15) is 0 Å². The molecule has 0 heterocycles. The van der Waals surface area contributed by atoms with Crippen molar-refractivity contribution in [1.82, 2.24) is 10.6 Å². The van der Waals surface area contributed by atoms with Crippen molar-refractivity contribution in [1.29, 1.82) is 0 Å². The second-order valence-electron chi connectivity index (χ2n) is 8.14. The second kappa shape index (κ2) is 11.7. The highest BCUT2D eigenvalue weighted by atomic mass is 16.5. The fourth-order valence-electron chi connectivity index (χ4n) is 3.74. The van der Waals surface area contributed by atoms with Gasteiger partial charge in [-0.1, -0.05) is 64.2 Å². The number of carbonyl (C=O) groups is 2. The average molecular weight is 389 g/mol. The molecule has 1 fully saturated rings. The van der Waals surface area contributed by atoms with Gasteiger partial charge in [0, 0.05) is 19.5 Å². The predicted molar refractivity (Wildman–Crippen MR) is 112 cm³/mol. The van der Waals surface area contributed by atoms with Crippen molar-refractivity contribution in [3.63, 3.8) is 0 Å². The van der Waals surface area contributed by atoms with E-state index in [0.29, 0.717) is 31.3 Å². The number of amides is 2. The summed E-state index contributed by atoms with van der Waals surface area (Å²) in [5, 5.41) is 5.73. The summed E-state index contributed by atoms with van der Waals surface area (Å²) in [6.45, 7) is 6.81. The van der Waals surface area contributed by atoms with Gasteiger partial charge in [0.2, 0.25) is 5.91 Å². The Hall–Kier alpha value is -2.04. The van der Waals surface area contributed by atoms with Gasteiger partial charge in [0.1, 0.15) is 5.75 Å². The number of rotatable bonds is 10. The highest BCUT2D eigenvalue weighted by Gasteiger charge is 2.17. The largest absolute Gasteiger partial charge is 0.481 e.